The predicted octanol–water partition coefficient (Wildman–Crippen LogP) is 2.61. The summed E-state index contributed by atoms with van der Waals surface area (Å²) in [5, 5.41) is 2.09. The fourth-order valence-electron chi connectivity index (χ4n) is 1.87. The van der Waals surface area contributed by atoms with Crippen molar-refractivity contribution in [1.29, 1.82) is 0 Å². The number of anilines is 1. The Labute approximate surface area is 135 Å². The highest BCUT2D eigenvalue weighted by Gasteiger charge is 2.21. The van der Waals surface area contributed by atoms with E-state index >= 15 is 0 Å². The molecule has 8 heteroatoms. The zero-order valence-corrected chi connectivity index (χ0v) is 12.5. The second kappa shape index (κ2) is 7.03. The average molecular weight is 338 g/mol. The molecular formula is C16H13F3N2O3. The van der Waals surface area contributed by atoms with E-state index in [0.29, 0.717) is 6.07 Å². The Balaban J connectivity index is 2.14. The smallest absolute Gasteiger partial charge is 0.265 e. The molecule has 2 aromatic rings. The lowest BCUT2D eigenvalue weighted by Crippen LogP contribution is -2.31. The number of halogens is 3. The van der Waals surface area contributed by atoms with Crippen LogP contribution in [0.25, 0.3) is 0 Å². The van der Waals surface area contributed by atoms with E-state index < -0.39 is 41.1 Å². The SMILES string of the molecule is C[C@H](Oc1ccccc1C(N)=O)C(=O)Nc1ccc(F)c(F)c1F. The molecule has 0 saturated heterocycles. The van der Waals surface area contributed by atoms with Gasteiger partial charge in [-0.05, 0) is 31.2 Å². The molecule has 0 aliphatic rings. The number of hydrogen-bond acceptors (Lipinski definition) is 3. The van der Waals surface area contributed by atoms with Crippen LogP contribution in [0.5, 0.6) is 5.75 Å². The fourth-order valence-corrected chi connectivity index (χ4v) is 1.87. The van der Waals surface area contributed by atoms with E-state index in [9.17, 15) is 22.8 Å². The number of nitrogens with one attached hydrogen (secondary N) is 1. The number of amides is 2. The standard InChI is InChI=1S/C16H13F3N2O3/c1-8(24-12-5-3-2-4-9(12)15(20)22)16(23)21-11-7-6-10(17)13(18)14(11)19/h2-8H,1H3,(H2,20,22)(H,21,23)/t8-/m0/s1. The van der Waals surface area contributed by atoms with Gasteiger partial charge in [0.05, 0.1) is 11.3 Å². The molecule has 0 aliphatic heterocycles. The topological polar surface area (TPSA) is 81.4 Å². The lowest BCUT2D eigenvalue weighted by molar-refractivity contribution is -0.122. The van der Waals surface area contributed by atoms with Gasteiger partial charge in [-0.2, -0.15) is 0 Å². The molecular weight excluding hydrogens is 325 g/mol. The maximum absolute atomic E-state index is 13.6. The maximum atomic E-state index is 13.6. The number of ether oxygens (including phenoxy) is 1. The van der Waals surface area contributed by atoms with Crippen molar-refractivity contribution in [3.63, 3.8) is 0 Å². The summed E-state index contributed by atoms with van der Waals surface area (Å²) in [4.78, 5) is 23.3. The Kier molecular flexibility index (Phi) is 5.08. The van der Waals surface area contributed by atoms with E-state index in [4.69, 9.17) is 10.5 Å². The lowest BCUT2D eigenvalue weighted by atomic mass is 10.2. The summed E-state index contributed by atoms with van der Waals surface area (Å²) < 4.78 is 44.9. The first-order valence-electron chi connectivity index (χ1n) is 6.81. The molecule has 24 heavy (non-hydrogen) atoms. The third kappa shape index (κ3) is 3.65. The molecule has 0 fully saturated rings. The molecule has 0 heterocycles. The van der Waals surface area contributed by atoms with E-state index in [0.717, 1.165) is 6.07 Å². The van der Waals surface area contributed by atoms with Crippen LogP contribution in [0.3, 0.4) is 0 Å². The monoisotopic (exact) mass is 338 g/mol. The van der Waals surface area contributed by atoms with Gasteiger partial charge < -0.3 is 15.8 Å². The minimum Gasteiger partial charge on any atom is -0.480 e. The van der Waals surface area contributed by atoms with Gasteiger partial charge in [-0.15, -0.1) is 0 Å². The number of nitrogens with two attached hydrogens (primary N) is 1. The van der Waals surface area contributed by atoms with Crippen LogP contribution >= 0.6 is 0 Å². The third-order valence-corrected chi connectivity index (χ3v) is 3.12. The van der Waals surface area contributed by atoms with Crippen molar-refractivity contribution in [3.8, 4) is 5.75 Å². The Morgan fingerprint density at radius 2 is 1.75 bits per heavy atom. The van der Waals surface area contributed by atoms with Crippen molar-refractivity contribution in [2.24, 2.45) is 5.73 Å². The number of rotatable bonds is 5. The maximum Gasteiger partial charge on any atom is 0.265 e. The number of hydrogen-bond donors (Lipinski definition) is 2. The highest BCUT2D eigenvalue weighted by Crippen LogP contribution is 2.21. The number of para-hydroxylation sites is 1. The van der Waals surface area contributed by atoms with Crippen molar-refractivity contribution < 1.29 is 27.5 Å². The van der Waals surface area contributed by atoms with Crippen LogP contribution in [-0.2, 0) is 4.79 Å². The summed E-state index contributed by atoms with van der Waals surface area (Å²) in [7, 11) is 0. The average Bonchev–Trinajstić information content (AvgIpc) is 2.55. The molecule has 0 aromatic heterocycles. The zero-order chi connectivity index (χ0) is 17.9. The van der Waals surface area contributed by atoms with Crippen LogP contribution in [0, 0.1) is 17.5 Å². The normalized spacial score (nSPS) is 11.7. The molecule has 0 unspecified atom stereocenters. The van der Waals surface area contributed by atoms with Crippen LogP contribution in [0.1, 0.15) is 17.3 Å². The van der Waals surface area contributed by atoms with E-state index in [1.165, 1.54) is 19.1 Å². The van der Waals surface area contributed by atoms with Crippen molar-refractivity contribution in [2.75, 3.05) is 5.32 Å². The second-order valence-electron chi connectivity index (χ2n) is 4.83. The van der Waals surface area contributed by atoms with Crippen LogP contribution in [0.4, 0.5) is 18.9 Å². The molecule has 0 bridgehead atoms. The van der Waals surface area contributed by atoms with Gasteiger partial charge in [0.1, 0.15) is 5.75 Å². The molecule has 0 aliphatic carbocycles. The molecule has 0 radical (unpaired) electrons. The Morgan fingerprint density at radius 1 is 1.08 bits per heavy atom. The van der Waals surface area contributed by atoms with Gasteiger partial charge in [0.2, 0.25) is 0 Å². The van der Waals surface area contributed by atoms with Gasteiger partial charge in [-0.1, -0.05) is 12.1 Å². The van der Waals surface area contributed by atoms with E-state index in [-0.39, 0.29) is 11.3 Å². The predicted molar refractivity (Wildman–Crippen MR) is 80.0 cm³/mol. The minimum atomic E-state index is -1.69. The molecule has 0 spiro atoms. The molecule has 5 nitrogen and oxygen atoms in total. The van der Waals surface area contributed by atoms with Gasteiger partial charge >= 0.3 is 0 Å². The van der Waals surface area contributed by atoms with Crippen LogP contribution in [0.15, 0.2) is 36.4 Å². The summed E-state index contributed by atoms with van der Waals surface area (Å²) in [6, 6.07) is 7.55. The van der Waals surface area contributed by atoms with Crippen molar-refractivity contribution in [1.82, 2.24) is 0 Å². The van der Waals surface area contributed by atoms with E-state index in [1.807, 2.05) is 0 Å². The highest BCUT2D eigenvalue weighted by molar-refractivity contribution is 5.96. The van der Waals surface area contributed by atoms with Gasteiger partial charge in [0.25, 0.3) is 11.8 Å². The Morgan fingerprint density at radius 3 is 2.42 bits per heavy atom. The summed E-state index contributed by atoms with van der Waals surface area (Å²) in [5.41, 5.74) is 4.73. The first-order valence-corrected chi connectivity index (χ1v) is 6.81. The molecule has 1 atom stereocenters. The number of primary amides is 1. The summed E-state index contributed by atoms with van der Waals surface area (Å²) in [6.07, 6.45) is -1.15. The molecule has 2 rings (SSSR count). The fraction of sp³-hybridized carbons (Fsp3) is 0.125. The van der Waals surface area contributed by atoms with Crippen LogP contribution in [0.2, 0.25) is 0 Å². The Hall–Kier alpha value is -3.03. The largest absolute Gasteiger partial charge is 0.480 e. The molecule has 2 amide bonds. The van der Waals surface area contributed by atoms with E-state index in [2.05, 4.69) is 5.32 Å². The summed E-state index contributed by atoms with van der Waals surface area (Å²) >= 11 is 0. The quantitative estimate of drug-likeness (QED) is 0.822. The van der Waals surface area contributed by atoms with Crippen LogP contribution < -0.4 is 15.8 Å². The van der Waals surface area contributed by atoms with Crippen LogP contribution in [-0.4, -0.2) is 17.9 Å². The van der Waals surface area contributed by atoms with Crippen molar-refractivity contribution in [3.05, 3.63) is 59.4 Å². The molecule has 0 saturated carbocycles. The first-order chi connectivity index (χ1) is 11.3. The van der Waals surface area contributed by atoms with E-state index in [1.54, 1.807) is 12.1 Å². The third-order valence-electron chi connectivity index (χ3n) is 3.12. The Bertz CT molecular complexity index is 796. The molecule has 126 valence electrons. The minimum absolute atomic E-state index is 0.0659. The number of benzene rings is 2. The molecule has 2 aromatic carbocycles. The van der Waals surface area contributed by atoms with Crippen molar-refractivity contribution >= 4 is 17.5 Å². The summed E-state index contributed by atoms with van der Waals surface area (Å²) in [5.74, 6) is -6.08. The number of carbonyl (C=O) groups excluding carboxylic acids is 2. The van der Waals surface area contributed by atoms with Gasteiger partial charge in [-0.3, -0.25) is 9.59 Å². The van der Waals surface area contributed by atoms with Gasteiger partial charge in [0, 0.05) is 0 Å². The van der Waals surface area contributed by atoms with Crippen molar-refractivity contribution in [2.45, 2.75) is 13.0 Å². The van der Waals surface area contributed by atoms with Gasteiger partial charge in [-0.25, -0.2) is 13.2 Å². The second-order valence-corrected chi connectivity index (χ2v) is 4.83. The first kappa shape index (κ1) is 17.3. The summed E-state index contributed by atoms with van der Waals surface area (Å²) in [6.45, 7) is 1.34. The van der Waals surface area contributed by atoms with Gasteiger partial charge in [0.15, 0.2) is 23.6 Å². The lowest BCUT2D eigenvalue weighted by Gasteiger charge is -2.16. The zero-order valence-electron chi connectivity index (χ0n) is 12.5. The number of carbonyl (C=O) groups is 2. The highest BCUT2D eigenvalue weighted by atomic mass is 19.2. The molecule has 3 N–H and O–H groups in total.